The van der Waals surface area contributed by atoms with Crippen LogP contribution in [0.5, 0.6) is 0 Å². The average molecular weight is 351 g/mol. The van der Waals surface area contributed by atoms with E-state index in [1.165, 1.54) is 5.56 Å². The Morgan fingerprint density at radius 1 is 1.08 bits per heavy atom. The van der Waals surface area contributed by atoms with E-state index in [0.29, 0.717) is 24.3 Å². The Labute approximate surface area is 154 Å². The number of aromatic carboxylic acids is 1. The van der Waals surface area contributed by atoms with Gasteiger partial charge >= 0.3 is 5.97 Å². The quantitative estimate of drug-likeness (QED) is 0.882. The molecule has 1 unspecified atom stereocenters. The van der Waals surface area contributed by atoms with Crippen molar-refractivity contribution in [2.75, 3.05) is 6.54 Å². The third-order valence-corrected chi connectivity index (χ3v) is 5.55. The van der Waals surface area contributed by atoms with Crippen LogP contribution in [0.1, 0.15) is 54.1 Å². The molecule has 2 aromatic carbocycles. The van der Waals surface area contributed by atoms with Gasteiger partial charge in [0, 0.05) is 24.4 Å². The molecule has 0 bridgehead atoms. The fourth-order valence-electron chi connectivity index (χ4n) is 4.12. The van der Waals surface area contributed by atoms with Gasteiger partial charge in [0.05, 0.1) is 5.56 Å². The molecule has 2 aromatic rings. The van der Waals surface area contributed by atoms with Gasteiger partial charge in [-0.1, -0.05) is 48.5 Å². The monoisotopic (exact) mass is 351 g/mol. The second-order valence-electron chi connectivity index (χ2n) is 7.41. The molecule has 0 saturated carbocycles. The lowest BCUT2D eigenvalue weighted by Crippen LogP contribution is -2.45. The van der Waals surface area contributed by atoms with Gasteiger partial charge in [-0.2, -0.15) is 0 Å². The molecule has 0 aliphatic carbocycles. The Bertz CT molecular complexity index is 798. The van der Waals surface area contributed by atoms with Crippen LogP contribution in [0, 0.1) is 0 Å². The summed E-state index contributed by atoms with van der Waals surface area (Å²) in [5.74, 6) is -0.536. The van der Waals surface area contributed by atoms with Crippen LogP contribution in [0.3, 0.4) is 0 Å². The molecule has 1 aliphatic rings. The van der Waals surface area contributed by atoms with Crippen LogP contribution in [0.4, 0.5) is 0 Å². The number of carbonyl (C=O) groups is 2. The van der Waals surface area contributed by atoms with Crippen LogP contribution in [0.15, 0.2) is 54.6 Å². The molecule has 0 aromatic heterocycles. The molecule has 1 atom stereocenters. The minimum absolute atomic E-state index is 0.0913. The van der Waals surface area contributed by atoms with E-state index >= 15 is 0 Å². The maximum atomic E-state index is 12.9. The summed E-state index contributed by atoms with van der Waals surface area (Å²) in [5, 5.41) is 9.29. The Balaban J connectivity index is 1.70. The van der Waals surface area contributed by atoms with E-state index in [9.17, 15) is 14.7 Å². The van der Waals surface area contributed by atoms with Gasteiger partial charge in [-0.15, -0.1) is 0 Å². The first-order chi connectivity index (χ1) is 12.4. The number of benzene rings is 2. The number of carboxylic acids is 1. The molecule has 0 radical (unpaired) electrons. The van der Waals surface area contributed by atoms with Crippen LogP contribution < -0.4 is 0 Å². The third-order valence-electron chi connectivity index (χ3n) is 5.55. The van der Waals surface area contributed by atoms with Gasteiger partial charge in [0.2, 0.25) is 5.91 Å². The molecular weight excluding hydrogens is 326 g/mol. The van der Waals surface area contributed by atoms with Crippen molar-refractivity contribution >= 4 is 11.9 Å². The Hall–Kier alpha value is -2.62. The molecule has 26 heavy (non-hydrogen) atoms. The maximum absolute atomic E-state index is 12.9. The van der Waals surface area contributed by atoms with Crippen LogP contribution in [-0.4, -0.2) is 34.0 Å². The predicted molar refractivity (Wildman–Crippen MR) is 101 cm³/mol. The van der Waals surface area contributed by atoms with E-state index in [2.05, 4.69) is 26.0 Å². The zero-order valence-corrected chi connectivity index (χ0v) is 15.3. The van der Waals surface area contributed by atoms with Crippen molar-refractivity contribution in [1.82, 2.24) is 4.90 Å². The molecule has 1 aliphatic heterocycles. The number of rotatable bonds is 5. The lowest BCUT2D eigenvalue weighted by Gasteiger charge is -2.36. The van der Waals surface area contributed by atoms with Gasteiger partial charge in [-0.3, -0.25) is 4.79 Å². The van der Waals surface area contributed by atoms with E-state index in [4.69, 9.17) is 0 Å². The minimum atomic E-state index is -0.946. The van der Waals surface area contributed by atoms with E-state index in [1.54, 1.807) is 18.2 Å². The predicted octanol–water partition coefficient (Wildman–Crippen LogP) is 4.11. The number of likely N-dealkylation sites (tertiary alicyclic amines) is 1. The van der Waals surface area contributed by atoms with Crippen LogP contribution in [0.2, 0.25) is 0 Å². The first kappa shape index (κ1) is 18.2. The maximum Gasteiger partial charge on any atom is 0.335 e. The Morgan fingerprint density at radius 3 is 2.42 bits per heavy atom. The molecule has 3 rings (SSSR count). The Morgan fingerprint density at radius 2 is 1.73 bits per heavy atom. The highest BCUT2D eigenvalue weighted by molar-refractivity contribution is 5.89. The zero-order chi connectivity index (χ0) is 18.7. The van der Waals surface area contributed by atoms with Crippen molar-refractivity contribution in [1.29, 1.82) is 0 Å². The van der Waals surface area contributed by atoms with Gasteiger partial charge < -0.3 is 10.0 Å². The summed E-state index contributed by atoms with van der Waals surface area (Å²) in [4.78, 5) is 26.2. The SMILES string of the molecule is CC1(C)C(c2ccccc2)CCN1C(=O)CCc1ccccc1C(=O)O. The molecule has 136 valence electrons. The average Bonchev–Trinajstić information content (AvgIpc) is 2.95. The number of hydrogen-bond acceptors (Lipinski definition) is 2. The van der Waals surface area contributed by atoms with E-state index in [0.717, 1.165) is 13.0 Å². The summed E-state index contributed by atoms with van der Waals surface area (Å²) in [6.07, 6.45) is 1.73. The van der Waals surface area contributed by atoms with Crippen LogP contribution in [0.25, 0.3) is 0 Å². The summed E-state index contributed by atoms with van der Waals surface area (Å²) < 4.78 is 0. The first-order valence-corrected chi connectivity index (χ1v) is 9.08. The number of hydrogen-bond donors (Lipinski definition) is 1. The molecule has 4 nitrogen and oxygen atoms in total. The molecule has 1 N–H and O–H groups in total. The van der Waals surface area contributed by atoms with E-state index < -0.39 is 5.97 Å². The number of carbonyl (C=O) groups excluding carboxylic acids is 1. The van der Waals surface area contributed by atoms with Crippen molar-refractivity contribution in [2.45, 2.75) is 44.6 Å². The molecule has 1 saturated heterocycles. The van der Waals surface area contributed by atoms with Gasteiger partial charge in [-0.25, -0.2) is 4.79 Å². The highest BCUT2D eigenvalue weighted by Crippen LogP contribution is 2.42. The number of aryl methyl sites for hydroxylation is 1. The van der Waals surface area contributed by atoms with Gasteiger partial charge in [0.25, 0.3) is 0 Å². The van der Waals surface area contributed by atoms with E-state index in [1.807, 2.05) is 29.2 Å². The van der Waals surface area contributed by atoms with Crippen molar-refractivity contribution < 1.29 is 14.7 Å². The molecule has 1 fully saturated rings. The van der Waals surface area contributed by atoms with Crippen LogP contribution >= 0.6 is 0 Å². The summed E-state index contributed by atoms with van der Waals surface area (Å²) >= 11 is 0. The largest absolute Gasteiger partial charge is 0.478 e. The van der Waals surface area contributed by atoms with Gasteiger partial charge in [0.1, 0.15) is 0 Å². The highest BCUT2D eigenvalue weighted by atomic mass is 16.4. The lowest BCUT2D eigenvalue weighted by atomic mass is 9.82. The summed E-state index contributed by atoms with van der Waals surface area (Å²) in [5.41, 5.74) is 2.02. The standard InChI is InChI=1S/C22H25NO3/c1-22(2)19(17-9-4-3-5-10-17)14-15-23(22)20(24)13-12-16-8-6-7-11-18(16)21(25)26/h3-11,19H,12-15H2,1-2H3,(H,25,26). The lowest BCUT2D eigenvalue weighted by molar-refractivity contribution is -0.134. The molecule has 0 spiro atoms. The van der Waals surface area contributed by atoms with Gasteiger partial charge in [0.15, 0.2) is 0 Å². The highest BCUT2D eigenvalue weighted by Gasteiger charge is 2.43. The molecule has 4 heteroatoms. The molecule has 1 amide bonds. The third kappa shape index (κ3) is 3.50. The topological polar surface area (TPSA) is 57.6 Å². The molecule has 1 heterocycles. The number of carboxylic acid groups (broad SMARTS) is 1. The second kappa shape index (κ2) is 7.32. The number of amides is 1. The zero-order valence-electron chi connectivity index (χ0n) is 15.3. The van der Waals surface area contributed by atoms with Gasteiger partial charge in [-0.05, 0) is 43.9 Å². The minimum Gasteiger partial charge on any atom is -0.478 e. The smallest absolute Gasteiger partial charge is 0.335 e. The van der Waals surface area contributed by atoms with Crippen LogP contribution in [-0.2, 0) is 11.2 Å². The van der Waals surface area contributed by atoms with E-state index in [-0.39, 0.29) is 17.0 Å². The van der Waals surface area contributed by atoms with Crippen molar-refractivity contribution in [3.63, 3.8) is 0 Å². The van der Waals surface area contributed by atoms with Crippen molar-refractivity contribution in [3.8, 4) is 0 Å². The summed E-state index contributed by atoms with van der Waals surface area (Å²) in [7, 11) is 0. The summed E-state index contributed by atoms with van der Waals surface area (Å²) in [6, 6.07) is 17.3. The Kier molecular flexibility index (Phi) is 5.12. The molecular formula is C22H25NO3. The normalized spacial score (nSPS) is 18.7. The first-order valence-electron chi connectivity index (χ1n) is 9.08. The fraction of sp³-hybridized carbons (Fsp3) is 0.364. The second-order valence-corrected chi connectivity index (χ2v) is 7.41. The summed E-state index contributed by atoms with van der Waals surface area (Å²) in [6.45, 7) is 4.99. The fourth-order valence-corrected chi connectivity index (χ4v) is 4.12. The van der Waals surface area contributed by atoms with Crippen molar-refractivity contribution in [3.05, 3.63) is 71.3 Å². The van der Waals surface area contributed by atoms with Crippen molar-refractivity contribution in [2.24, 2.45) is 0 Å². The number of nitrogens with zero attached hydrogens (tertiary/aromatic N) is 1.